The molecule has 1 heterocycles. The van der Waals surface area contributed by atoms with Crippen LogP contribution in [0.3, 0.4) is 0 Å². The van der Waals surface area contributed by atoms with Crippen molar-refractivity contribution in [2.24, 2.45) is 0 Å². The van der Waals surface area contributed by atoms with E-state index < -0.39 is 10.0 Å². The summed E-state index contributed by atoms with van der Waals surface area (Å²) < 4.78 is 39.1. The van der Waals surface area contributed by atoms with Gasteiger partial charge in [0.2, 0.25) is 5.95 Å². The van der Waals surface area contributed by atoms with Crippen LogP contribution in [0.25, 0.3) is 0 Å². The van der Waals surface area contributed by atoms with Crippen molar-refractivity contribution in [3.63, 3.8) is 0 Å². The van der Waals surface area contributed by atoms with Gasteiger partial charge in [-0.1, -0.05) is 0 Å². The van der Waals surface area contributed by atoms with E-state index in [0.29, 0.717) is 34.5 Å². The van der Waals surface area contributed by atoms with Gasteiger partial charge in [-0.05, 0) is 92.6 Å². The number of aromatic nitrogens is 2. The number of hydrogen-bond donors (Lipinski definition) is 3. The smallest absolute Gasteiger partial charge is 0.262 e. The minimum Gasteiger partial charge on any atom is -0.497 e. The van der Waals surface area contributed by atoms with E-state index in [0.717, 1.165) is 22.7 Å². The topological polar surface area (TPSA) is 114 Å². The second-order valence-electron chi connectivity index (χ2n) is 8.40. The van der Waals surface area contributed by atoms with Crippen LogP contribution in [-0.4, -0.2) is 32.6 Å². The van der Waals surface area contributed by atoms with E-state index in [1.165, 1.54) is 0 Å². The number of rotatable bonds is 9. The van der Waals surface area contributed by atoms with Crippen LogP contribution in [0.1, 0.15) is 16.8 Å². The molecule has 0 atom stereocenters. The molecule has 3 aromatic carbocycles. The van der Waals surface area contributed by atoms with Crippen LogP contribution in [0.4, 0.5) is 28.8 Å². The number of nitrogens with zero attached hydrogens (tertiary/aromatic N) is 2. The Kier molecular flexibility index (Phi) is 7.49. The Labute approximate surface area is 217 Å². The van der Waals surface area contributed by atoms with Gasteiger partial charge < -0.3 is 20.1 Å². The van der Waals surface area contributed by atoms with Gasteiger partial charge in [-0.3, -0.25) is 4.72 Å². The first-order valence-corrected chi connectivity index (χ1v) is 13.0. The van der Waals surface area contributed by atoms with Gasteiger partial charge >= 0.3 is 0 Å². The fourth-order valence-electron chi connectivity index (χ4n) is 3.75. The Bertz CT molecular complexity index is 1510. The molecule has 0 spiro atoms. The van der Waals surface area contributed by atoms with Crippen molar-refractivity contribution in [2.45, 2.75) is 25.7 Å². The number of sulfonamides is 1. The molecule has 0 unspecified atom stereocenters. The van der Waals surface area contributed by atoms with Gasteiger partial charge in [0, 0.05) is 28.8 Å². The number of methoxy groups -OCH3 is 2. The maximum atomic E-state index is 13.0. The van der Waals surface area contributed by atoms with Gasteiger partial charge in [-0.15, -0.1) is 0 Å². The summed E-state index contributed by atoms with van der Waals surface area (Å²) in [4.78, 5) is 9.19. The van der Waals surface area contributed by atoms with Gasteiger partial charge in [0.1, 0.15) is 17.3 Å². The summed E-state index contributed by atoms with van der Waals surface area (Å²) in [5.41, 5.74) is 4.21. The lowest BCUT2D eigenvalue weighted by molar-refractivity contribution is 0.410. The maximum Gasteiger partial charge on any atom is 0.262 e. The van der Waals surface area contributed by atoms with E-state index in [4.69, 9.17) is 9.47 Å². The summed E-state index contributed by atoms with van der Waals surface area (Å²) in [6, 6.07) is 19.4. The standard InChI is InChI=1S/C27H29N5O4S/c1-17-16-26(29-20-10-12-23(35-4)13-11-20)31-27(28-17)30-21-6-8-22(9-7-21)32-37(33,34)25-15-14-24(36-5)18(2)19(25)3/h6-16,32H,1-5H3,(H2,28,29,30,31). The zero-order valence-electron chi connectivity index (χ0n) is 21.3. The van der Waals surface area contributed by atoms with Crippen LogP contribution >= 0.6 is 0 Å². The van der Waals surface area contributed by atoms with Crippen molar-refractivity contribution in [1.82, 2.24) is 9.97 Å². The van der Waals surface area contributed by atoms with E-state index >= 15 is 0 Å². The molecule has 0 aliphatic heterocycles. The Morgan fingerprint density at radius 3 is 1.97 bits per heavy atom. The largest absolute Gasteiger partial charge is 0.497 e. The van der Waals surface area contributed by atoms with Gasteiger partial charge in [-0.25, -0.2) is 13.4 Å². The van der Waals surface area contributed by atoms with Crippen molar-refractivity contribution < 1.29 is 17.9 Å². The molecule has 0 radical (unpaired) electrons. The monoisotopic (exact) mass is 519 g/mol. The number of aryl methyl sites for hydroxylation is 1. The summed E-state index contributed by atoms with van der Waals surface area (Å²) >= 11 is 0. The molecule has 0 bridgehead atoms. The second kappa shape index (κ2) is 10.8. The molecule has 37 heavy (non-hydrogen) atoms. The molecular formula is C27H29N5O4S. The molecule has 0 fully saturated rings. The predicted octanol–water partition coefficient (Wildman–Crippen LogP) is 5.71. The highest BCUT2D eigenvalue weighted by atomic mass is 32.2. The Hall–Kier alpha value is -4.31. The first-order valence-electron chi connectivity index (χ1n) is 11.5. The zero-order chi connectivity index (χ0) is 26.6. The first-order chi connectivity index (χ1) is 17.7. The van der Waals surface area contributed by atoms with Gasteiger partial charge in [0.05, 0.1) is 19.1 Å². The third kappa shape index (κ3) is 6.10. The predicted molar refractivity (Wildman–Crippen MR) is 146 cm³/mol. The average molecular weight is 520 g/mol. The molecule has 192 valence electrons. The van der Waals surface area contributed by atoms with E-state index in [2.05, 4.69) is 25.3 Å². The molecule has 0 saturated carbocycles. The van der Waals surface area contributed by atoms with Gasteiger partial charge in [0.25, 0.3) is 10.0 Å². The van der Waals surface area contributed by atoms with Gasteiger partial charge in [0.15, 0.2) is 0 Å². The summed E-state index contributed by atoms with van der Waals surface area (Å²) in [5.74, 6) is 2.46. The quantitative estimate of drug-likeness (QED) is 0.258. The SMILES string of the molecule is COc1ccc(Nc2cc(C)nc(Nc3ccc(NS(=O)(=O)c4ccc(OC)c(C)c4C)cc3)n2)cc1. The molecule has 4 rings (SSSR count). The van der Waals surface area contributed by atoms with Crippen LogP contribution in [0.5, 0.6) is 11.5 Å². The normalized spacial score (nSPS) is 11.1. The lowest BCUT2D eigenvalue weighted by Gasteiger charge is -2.15. The summed E-state index contributed by atoms with van der Waals surface area (Å²) in [6.45, 7) is 5.48. The number of ether oxygens (including phenoxy) is 2. The van der Waals surface area contributed by atoms with Crippen molar-refractivity contribution in [2.75, 3.05) is 29.6 Å². The van der Waals surface area contributed by atoms with E-state index in [9.17, 15) is 8.42 Å². The molecule has 3 N–H and O–H groups in total. The highest BCUT2D eigenvalue weighted by Crippen LogP contribution is 2.29. The van der Waals surface area contributed by atoms with Crippen molar-refractivity contribution >= 4 is 38.9 Å². The zero-order valence-corrected chi connectivity index (χ0v) is 22.1. The number of anilines is 5. The Morgan fingerprint density at radius 1 is 0.703 bits per heavy atom. The first kappa shape index (κ1) is 25.8. The Balaban J connectivity index is 1.47. The maximum absolute atomic E-state index is 13.0. The van der Waals surface area contributed by atoms with Crippen molar-refractivity contribution in [1.29, 1.82) is 0 Å². The van der Waals surface area contributed by atoms with Gasteiger partial charge in [-0.2, -0.15) is 4.98 Å². The molecule has 0 aliphatic rings. The molecule has 0 amide bonds. The summed E-state index contributed by atoms with van der Waals surface area (Å²) in [6.07, 6.45) is 0. The second-order valence-corrected chi connectivity index (χ2v) is 10.0. The number of benzene rings is 3. The number of nitrogens with one attached hydrogen (secondary N) is 3. The molecule has 1 aromatic heterocycles. The number of hydrogen-bond acceptors (Lipinski definition) is 8. The van der Waals surface area contributed by atoms with Crippen LogP contribution in [0.15, 0.2) is 71.6 Å². The molecular weight excluding hydrogens is 490 g/mol. The average Bonchev–Trinajstić information content (AvgIpc) is 2.86. The Morgan fingerprint density at radius 2 is 1.32 bits per heavy atom. The minimum atomic E-state index is -3.78. The molecule has 9 nitrogen and oxygen atoms in total. The lowest BCUT2D eigenvalue weighted by Crippen LogP contribution is -2.15. The van der Waals surface area contributed by atoms with Crippen LogP contribution in [0, 0.1) is 20.8 Å². The van der Waals surface area contributed by atoms with E-state index in [1.54, 1.807) is 57.5 Å². The van der Waals surface area contributed by atoms with Crippen LogP contribution < -0.4 is 24.8 Å². The third-order valence-electron chi connectivity index (χ3n) is 5.81. The molecule has 4 aromatic rings. The minimum absolute atomic E-state index is 0.207. The van der Waals surface area contributed by atoms with Crippen LogP contribution in [0.2, 0.25) is 0 Å². The van der Waals surface area contributed by atoms with E-state index in [1.807, 2.05) is 44.2 Å². The summed E-state index contributed by atoms with van der Waals surface area (Å²) in [5, 5.41) is 6.42. The fourth-order valence-corrected chi connectivity index (χ4v) is 5.11. The molecule has 0 saturated heterocycles. The fraction of sp³-hybridized carbons (Fsp3) is 0.185. The molecule has 0 aliphatic carbocycles. The van der Waals surface area contributed by atoms with E-state index in [-0.39, 0.29) is 4.90 Å². The summed E-state index contributed by atoms with van der Waals surface area (Å²) in [7, 11) is -0.593. The highest BCUT2D eigenvalue weighted by Gasteiger charge is 2.19. The van der Waals surface area contributed by atoms with Crippen LogP contribution in [-0.2, 0) is 10.0 Å². The molecule has 10 heteroatoms. The van der Waals surface area contributed by atoms with Crippen molar-refractivity contribution in [3.05, 3.63) is 83.6 Å². The lowest BCUT2D eigenvalue weighted by atomic mass is 10.1. The highest BCUT2D eigenvalue weighted by molar-refractivity contribution is 7.92. The third-order valence-corrected chi connectivity index (χ3v) is 7.33. The van der Waals surface area contributed by atoms with Crippen molar-refractivity contribution in [3.8, 4) is 11.5 Å².